The molecule has 0 aliphatic heterocycles. The third-order valence-corrected chi connectivity index (χ3v) is 35.5. The minimum absolute atomic E-state index is 1.01. The van der Waals surface area contributed by atoms with E-state index >= 15 is 0 Å². The monoisotopic (exact) mass is 558 g/mol. The van der Waals surface area contributed by atoms with Gasteiger partial charge in [0.05, 0.1) is 0 Å². The van der Waals surface area contributed by atoms with Gasteiger partial charge < -0.3 is 0 Å². The summed E-state index contributed by atoms with van der Waals surface area (Å²) in [6, 6.07) is 0. The van der Waals surface area contributed by atoms with Crippen LogP contribution in [0.4, 0.5) is 0 Å². The first-order chi connectivity index (χ1) is 7.63. The number of halogens is 2. The van der Waals surface area contributed by atoms with Crippen LogP contribution >= 0.6 is 45.2 Å². The number of alkyl halides is 2. The summed E-state index contributed by atoms with van der Waals surface area (Å²) < 4.78 is 5.97. The predicted octanol–water partition coefficient (Wildman–Crippen LogP) is 6.57. The van der Waals surface area contributed by atoms with E-state index < -0.39 is 18.4 Å². The average molecular weight is 557 g/mol. The normalized spacial score (nSPS) is 12.4. The summed E-state index contributed by atoms with van der Waals surface area (Å²) in [7, 11) is 0. The maximum absolute atomic E-state index is 2.76. The van der Waals surface area contributed by atoms with Gasteiger partial charge in [0.25, 0.3) is 0 Å². The first-order valence-corrected chi connectivity index (χ1v) is 17.1. The summed E-state index contributed by atoms with van der Waals surface area (Å²) in [6.07, 6.45) is 8.72. The van der Waals surface area contributed by atoms with Crippen molar-refractivity contribution in [1.82, 2.24) is 0 Å². The number of unbranched alkanes of at least 4 members (excludes halogenated alkanes) is 3. The van der Waals surface area contributed by atoms with Gasteiger partial charge in [-0.15, -0.1) is 0 Å². The van der Waals surface area contributed by atoms with Crippen LogP contribution in [-0.4, -0.2) is 18.3 Å². The van der Waals surface area contributed by atoms with E-state index in [1.165, 1.54) is 38.5 Å². The van der Waals surface area contributed by atoms with Crippen LogP contribution in [0.1, 0.15) is 59.3 Å². The van der Waals surface area contributed by atoms with E-state index in [1.807, 2.05) is 0 Å². The Labute approximate surface area is 134 Å². The Morgan fingerprint density at radius 2 is 1.06 bits per heavy atom. The molecule has 0 nitrogen and oxygen atoms in total. The van der Waals surface area contributed by atoms with E-state index in [9.17, 15) is 0 Å². The SMILES string of the molecule is CCC[CH2][Sn]([CH2]CCC)([CH2]CCC)[CH](I)I. The van der Waals surface area contributed by atoms with E-state index in [-0.39, 0.29) is 0 Å². The van der Waals surface area contributed by atoms with E-state index in [0.717, 1.165) is -0.0527 Å². The van der Waals surface area contributed by atoms with Crippen molar-refractivity contribution in [3.63, 3.8) is 0 Å². The van der Waals surface area contributed by atoms with Gasteiger partial charge in [0.2, 0.25) is 0 Å². The second kappa shape index (κ2) is 11.1. The molecule has 0 saturated heterocycles. The molecule has 0 amide bonds. The molecule has 0 aliphatic rings. The zero-order chi connectivity index (χ0) is 12.4. The van der Waals surface area contributed by atoms with Crippen molar-refractivity contribution in [2.45, 2.75) is 72.6 Å². The molecule has 0 aromatic heterocycles. The average Bonchev–Trinajstić information content (AvgIpc) is 2.28. The maximum atomic E-state index is 2.76. The number of rotatable bonds is 10. The molecule has 0 aromatic rings. The van der Waals surface area contributed by atoms with E-state index in [4.69, 9.17) is 0 Å². The summed E-state index contributed by atoms with van der Waals surface area (Å²) >= 11 is 3.74. The molecule has 98 valence electrons. The van der Waals surface area contributed by atoms with Gasteiger partial charge in [0.15, 0.2) is 0 Å². The quantitative estimate of drug-likeness (QED) is 0.162. The van der Waals surface area contributed by atoms with Crippen molar-refractivity contribution in [1.29, 1.82) is 0 Å². The standard InChI is InChI=1S/3C4H9.CHI2.Sn/c3*1-3-4-2;2-1-3;/h3*1,3-4H2,2H3;1H;. The molecule has 0 N–H and O–H groups in total. The van der Waals surface area contributed by atoms with Crippen molar-refractivity contribution in [2.24, 2.45) is 0 Å². The zero-order valence-corrected chi connectivity index (χ0v) is 18.4. The van der Waals surface area contributed by atoms with E-state index in [1.54, 1.807) is 13.3 Å². The van der Waals surface area contributed by atoms with Crippen LogP contribution in [0.25, 0.3) is 0 Å². The molecule has 0 atom stereocenters. The summed E-state index contributed by atoms with van der Waals surface area (Å²) in [5, 5.41) is 0. The summed E-state index contributed by atoms with van der Waals surface area (Å²) in [5.74, 6) is 0. The Bertz CT molecular complexity index is 138. The number of hydrogen-bond donors (Lipinski definition) is 0. The Morgan fingerprint density at radius 1 is 0.750 bits per heavy atom. The molecule has 0 rings (SSSR count). The van der Waals surface area contributed by atoms with Crippen LogP contribution in [0.5, 0.6) is 0 Å². The van der Waals surface area contributed by atoms with Crippen LogP contribution in [0.2, 0.25) is 13.3 Å². The van der Waals surface area contributed by atoms with Gasteiger partial charge in [-0.3, -0.25) is 0 Å². The Kier molecular flexibility index (Phi) is 12.7. The van der Waals surface area contributed by atoms with Crippen molar-refractivity contribution in [3.05, 3.63) is 0 Å². The second-order valence-corrected chi connectivity index (χ2v) is 30.3. The van der Waals surface area contributed by atoms with Gasteiger partial charge in [-0.25, -0.2) is 0 Å². The van der Waals surface area contributed by atoms with Crippen LogP contribution < -0.4 is 0 Å². The summed E-state index contributed by atoms with van der Waals surface area (Å²) in [5.41, 5.74) is 0. The molecular formula is C13H28I2Sn. The van der Waals surface area contributed by atoms with Crippen molar-refractivity contribution >= 4 is 63.6 Å². The molecule has 0 aliphatic carbocycles. The third kappa shape index (κ3) is 7.00. The molecule has 16 heavy (non-hydrogen) atoms. The number of hydrogen-bond acceptors (Lipinski definition) is 0. The molecule has 0 spiro atoms. The predicted molar refractivity (Wildman–Crippen MR) is 96.7 cm³/mol. The fraction of sp³-hybridized carbons (Fsp3) is 1.00. The molecular weight excluding hydrogens is 529 g/mol. The molecule has 3 heteroatoms. The molecule has 0 heterocycles. The van der Waals surface area contributed by atoms with Crippen LogP contribution in [-0.2, 0) is 0 Å². The Balaban J connectivity index is 4.46. The first-order valence-electron chi connectivity index (χ1n) is 6.91. The van der Waals surface area contributed by atoms with Crippen LogP contribution in [0, 0.1) is 0 Å². The molecule has 0 unspecified atom stereocenters. The van der Waals surface area contributed by atoms with E-state index in [2.05, 4.69) is 66.0 Å². The van der Waals surface area contributed by atoms with Gasteiger partial charge >= 0.3 is 136 Å². The van der Waals surface area contributed by atoms with Gasteiger partial charge in [-0.2, -0.15) is 0 Å². The molecule has 0 bridgehead atoms. The second-order valence-electron chi connectivity index (χ2n) is 4.97. The topological polar surface area (TPSA) is 0 Å². The van der Waals surface area contributed by atoms with Gasteiger partial charge in [0.1, 0.15) is 0 Å². The molecule has 0 saturated carbocycles. The van der Waals surface area contributed by atoms with Crippen molar-refractivity contribution < 1.29 is 0 Å². The summed E-state index contributed by atoms with van der Waals surface area (Å²) in [6.45, 7) is 7.06. The minimum atomic E-state index is -1.78. The Hall–Kier alpha value is 2.26. The van der Waals surface area contributed by atoms with Gasteiger partial charge in [0, 0.05) is 0 Å². The van der Waals surface area contributed by atoms with Crippen LogP contribution in [0.3, 0.4) is 0 Å². The molecule has 0 aromatic carbocycles. The fourth-order valence-corrected chi connectivity index (χ4v) is 27.9. The van der Waals surface area contributed by atoms with Gasteiger partial charge in [-0.05, 0) is 0 Å². The fourth-order valence-electron chi connectivity index (χ4n) is 2.29. The van der Waals surface area contributed by atoms with Crippen molar-refractivity contribution in [3.8, 4) is 0 Å². The Morgan fingerprint density at radius 3 is 1.25 bits per heavy atom. The third-order valence-electron chi connectivity index (χ3n) is 3.55. The molecule has 0 fully saturated rings. The first kappa shape index (κ1) is 18.3. The molecule has 0 radical (unpaired) electrons. The van der Waals surface area contributed by atoms with E-state index in [0.29, 0.717) is 0 Å². The van der Waals surface area contributed by atoms with Crippen LogP contribution in [0.15, 0.2) is 0 Å². The zero-order valence-electron chi connectivity index (χ0n) is 11.2. The van der Waals surface area contributed by atoms with Crippen molar-refractivity contribution in [2.75, 3.05) is 0 Å². The summed E-state index contributed by atoms with van der Waals surface area (Å²) in [4.78, 5) is 0. The van der Waals surface area contributed by atoms with Gasteiger partial charge in [-0.1, -0.05) is 0 Å².